The molecule has 1 N–H and O–H groups in total. The molecule has 2 nitrogen and oxygen atoms in total. The first-order valence-electron chi connectivity index (χ1n) is 5.83. The van der Waals surface area contributed by atoms with Gasteiger partial charge in [-0.05, 0) is 37.0 Å². The normalized spacial score (nSPS) is 20.2. The molecule has 88 valence electrons. The molecule has 1 aliphatic rings. The summed E-state index contributed by atoms with van der Waals surface area (Å²) in [6.07, 6.45) is 2.83. The van der Waals surface area contributed by atoms with Crippen LogP contribution in [0.2, 0.25) is 0 Å². The molecule has 0 saturated carbocycles. The Balaban J connectivity index is 1.80. The van der Waals surface area contributed by atoms with E-state index in [9.17, 15) is 0 Å². The maximum absolute atomic E-state index is 5.57. The van der Waals surface area contributed by atoms with Crippen molar-refractivity contribution >= 4 is 15.9 Å². The van der Waals surface area contributed by atoms with Gasteiger partial charge in [-0.15, -0.1) is 0 Å². The first-order chi connectivity index (χ1) is 7.75. The van der Waals surface area contributed by atoms with Crippen molar-refractivity contribution < 1.29 is 4.74 Å². The van der Waals surface area contributed by atoms with Gasteiger partial charge in [-0.2, -0.15) is 0 Å². The minimum atomic E-state index is 0.421. The second-order valence-electron chi connectivity index (χ2n) is 4.36. The molecule has 1 aromatic carbocycles. The minimum absolute atomic E-state index is 0.421. The van der Waals surface area contributed by atoms with E-state index in [0.29, 0.717) is 6.10 Å². The number of benzene rings is 1. The van der Waals surface area contributed by atoms with Gasteiger partial charge in [0.05, 0.1) is 6.10 Å². The lowest BCUT2D eigenvalue weighted by Crippen LogP contribution is -2.25. The second kappa shape index (κ2) is 5.80. The van der Waals surface area contributed by atoms with Crippen LogP contribution in [0, 0.1) is 6.92 Å². The van der Waals surface area contributed by atoms with Crippen LogP contribution >= 0.6 is 15.9 Å². The molecule has 0 unspecified atom stereocenters. The zero-order valence-corrected chi connectivity index (χ0v) is 11.2. The van der Waals surface area contributed by atoms with Crippen LogP contribution in [-0.4, -0.2) is 19.3 Å². The summed E-state index contributed by atoms with van der Waals surface area (Å²) < 4.78 is 6.75. The number of rotatable bonds is 4. The zero-order chi connectivity index (χ0) is 11.4. The number of halogens is 1. The lowest BCUT2D eigenvalue weighted by molar-refractivity contribution is 0.110. The molecule has 1 atom stereocenters. The van der Waals surface area contributed by atoms with Gasteiger partial charge in [0.2, 0.25) is 0 Å². The standard InChI is InChI=1S/C13H18BrNO/c1-10-4-5-11(13(14)7-10)8-15-9-12-3-2-6-16-12/h4-5,7,12,15H,2-3,6,8-9H2,1H3/t12-/m1/s1. The highest BCUT2D eigenvalue weighted by molar-refractivity contribution is 9.10. The predicted octanol–water partition coefficient (Wildman–Crippen LogP) is 3.03. The van der Waals surface area contributed by atoms with Crippen molar-refractivity contribution in [3.05, 3.63) is 33.8 Å². The maximum Gasteiger partial charge on any atom is 0.0700 e. The summed E-state index contributed by atoms with van der Waals surface area (Å²) in [5, 5.41) is 3.45. The van der Waals surface area contributed by atoms with Crippen LogP contribution in [0.3, 0.4) is 0 Å². The molecule has 1 heterocycles. The van der Waals surface area contributed by atoms with Crippen LogP contribution in [0.4, 0.5) is 0 Å². The maximum atomic E-state index is 5.57. The Morgan fingerprint density at radius 2 is 2.38 bits per heavy atom. The molecule has 1 fully saturated rings. The van der Waals surface area contributed by atoms with Crippen molar-refractivity contribution in [3.63, 3.8) is 0 Å². The molecule has 1 aliphatic heterocycles. The fourth-order valence-corrected chi connectivity index (χ4v) is 2.60. The lowest BCUT2D eigenvalue weighted by Gasteiger charge is -2.11. The Kier molecular flexibility index (Phi) is 4.38. The Morgan fingerprint density at radius 1 is 1.50 bits per heavy atom. The Hall–Kier alpha value is -0.380. The molecule has 3 heteroatoms. The summed E-state index contributed by atoms with van der Waals surface area (Å²) in [5.74, 6) is 0. The topological polar surface area (TPSA) is 21.3 Å². The minimum Gasteiger partial charge on any atom is -0.377 e. The number of nitrogens with one attached hydrogen (secondary N) is 1. The average molecular weight is 284 g/mol. The Bertz CT molecular complexity index is 348. The van der Waals surface area contributed by atoms with Gasteiger partial charge < -0.3 is 10.1 Å². The van der Waals surface area contributed by atoms with Gasteiger partial charge in [0.1, 0.15) is 0 Å². The quantitative estimate of drug-likeness (QED) is 0.917. The SMILES string of the molecule is Cc1ccc(CNC[C@H]2CCCO2)c(Br)c1. The summed E-state index contributed by atoms with van der Waals surface area (Å²) in [4.78, 5) is 0. The molecule has 0 bridgehead atoms. The van der Waals surface area contributed by atoms with Gasteiger partial charge in [-0.1, -0.05) is 28.1 Å². The van der Waals surface area contributed by atoms with Crippen LogP contribution in [0.5, 0.6) is 0 Å². The lowest BCUT2D eigenvalue weighted by atomic mass is 10.1. The summed E-state index contributed by atoms with van der Waals surface area (Å²) in [5.41, 5.74) is 2.60. The molecular formula is C13H18BrNO. The second-order valence-corrected chi connectivity index (χ2v) is 5.22. The van der Waals surface area contributed by atoms with Crippen LogP contribution in [0.15, 0.2) is 22.7 Å². The molecule has 1 saturated heterocycles. The number of aryl methyl sites for hydroxylation is 1. The highest BCUT2D eigenvalue weighted by atomic mass is 79.9. The van der Waals surface area contributed by atoms with Crippen molar-refractivity contribution in [1.82, 2.24) is 5.32 Å². The summed E-state index contributed by atoms with van der Waals surface area (Å²) in [7, 11) is 0. The van der Waals surface area contributed by atoms with E-state index in [2.05, 4.69) is 46.4 Å². The van der Waals surface area contributed by atoms with Crippen LogP contribution in [-0.2, 0) is 11.3 Å². The zero-order valence-electron chi connectivity index (χ0n) is 9.63. The van der Waals surface area contributed by atoms with Gasteiger partial charge in [0.25, 0.3) is 0 Å². The van der Waals surface area contributed by atoms with Gasteiger partial charge >= 0.3 is 0 Å². The van der Waals surface area contributed by atoms with E-state index >= 15 is 0 Å². The summed E-state index contributed by atoms with van der Waals surface area (Å²) >= 11 is 3.59. The highest BCUT2D eigenvalue weighted by Gasteiger charge is 2.14. The van der Waals surface area contributed by atoms with E-state index in [4.69, 9.17) is 4.74 Å². The summed E-state index contributed by atoms with van der Waals surface area (Å²) in [6, 6.07) is 6.47. The van der Waals surface area contributed by atoms with Crippen molar-refractivity contribution in [2.75, 3.05) is 13.2 Å². The third-order valence-corrected chi connectivity index (χ3v) is 3.66. The molecule has 0 spiro atoms. The van der Waals surface area contributed by atoms with E-state index in [1.54, 1.807) is 0 Å². The summed E-state index contributed by atoms with van der Waals surface area (Å²) in [6.45, 7) is 4.90. The Morgan fingerprint density at radius 3 is 3.06 bits per heavy atom. The highest BCUT2D eigenvalue weighted by Crippen LogP contribution is 2.18. The number of hydrogen-bond donors (Lipinski definition) is 1. The first kappa shape index (κ1) is 12.1. The average Bonchev–Trinajstić information content (AvgIpc) is 2.74. The van der Waals surface area contributed by atoms with Crippen LogP contribution in [0.1, 0.15) is 24.0 Å². The molecule has 0 aliphatic carbocycles. The molecule has 0 aromatic heterocycles. The van der Waals surface area contributed by atoms with E-state index in [0.717, 1.165) is 19.7 Å². The van der Waals surface area contributed by atoms with Crippen molar-refractivity contribution in [1.29, 1.82) is 0 Å². The molecular weight excluding hydrogens is 266 g/mol. The Labute approximate surface area is 106 Å². The van der Waals surface area contributed by atoms with Crippen molar-refractivity contribution in [2.45, 2.75) is 32.4 Å². The van der Waals surface area contributed by atoms with E-state index < -0.39 is 0 Å². The van der Waals surface area contributed by atoms with Crippen LogP contribution < -0.4 is 5.32 Å². The van der Waals surface area contributed by atoms with E-state index in [1.165, 1.54) is 28.4 Å². The number of ether oxygens (including phenoxy) is 1. The predicted molar refractivity (Wildman–Crippen MR) is 69.6 cm³/mol. The monoisotopic (exact) mass is 283 g/mol. The van der Waals surface area contributed by atoms with E-state index in [-0.39, 0.29) is 0 Å². The van der Waals surface area contributed by atoms with Gasteiger partial charge in [0, 0.05) is 24.2 Å². The van der Waals surface area contributed by atoms with Gasteiger partial charge in [-0.3, -0.25) is 0 Å². The molecule has 16 heavy (non-hydrogen) atoms. The molecule has 0 amide bonds. The van der Waals surface area contributed by atoms with Gasteiger partial charge in [-0.25, -0.2) is 0 Å². The van der Waals surface area contributed by atoms with Crippen molar-refractivity contribution in [2.24, 2.45) is 0 Å². The smallest absolute Gasteiger partial charge is 0.0700 e. The third kappa shape index (κ3) is 3.30. The van der Waals surface area contributed by atoms with Gasteiger partial charge in [0.15, 0.2) is 0 Å². The molecule has 1 aromatic rings. The number of hydrogen-bond acceptors (Lipinski definition) is 2. The van der Waals surface area contributed by atoms with Crippen molar-refractivity contribution in [3.8, 4) is 0 Å². The fourth-order valence-electron chi connectivity index (χ4n) is 1.97. The van der Waals surface area contributed by atoms with E-state index in [1.807, 2.05) is 0 Å². The van der Waals surface area contributed by atoms with Crippen LogP contribution in [0.25, 0.3) is 0 Å². The largest absolute Gasteiger partial charge is 0.377 e. The third-order valence-electron chi connectivity index (χ3n) is 2.92. The fraction of sp³-hybridized carbons (Fsp3) is 0.538. The molecule has 2 rings (SSSR count). The first-order valence-corrected chi connectivity index (χ1v) is 6.62. The molecule has 0 radical (unpaired) electrons.